The summed E-state index contributed by atoms with van der Waals surface area (Å²) in [6.07, 6.45) is 0.565. The number of hydrogen-bond donors (Lipinski definition) is 2. The van der Waals surface area contributed by atoms with Crippen LogP contribution in [0.15, 0.2) is 6.07 Å². The summed E-state index contributed by atoms with van der Waals surface area (Å²) in [7, 11) is 0. The third-order valence-corrected chi connectivity index (χ3v) is 2.40. The van der Waals surface area contributed by atoms with Gasteiger partial charge >= 0.3 is 5.97 Å². The van der Waals surface area contributed by atoms with Gasteiger partial charge in [0, 0.05) is 17.7 Å². The third-order valence-electron chi connectivity index (χ3n) is 2.40. The molecule has 0 atom stereocenters. The summed E-state index contributed by atoms with van der Waals surface area (Å²) in [6, 6.07) is 1.41. The van der Waals surface area contributed by atoms with Crippen molar-refractivity contribution in [1.82, 2.24) is 4.98 Å². The number of amides is 1. The van der Waals surface area contributed by atoms with Crippen molar-refractivity contribution in [2.24, 2.45) is 5.73 Å². The largest absolute Gasteiger partial charge is 0.478 e. The fourth-order valence-corrected chi connectivity index (χ4v) is 1.64. The summed E-state index contributed by atoms with van der Waals surface area (Å²) in [5.41, 5.74) is 6.12. The highest BCUT2D eigenvalue weighted by Gasteiger charge is 2.21. The number of ether oxygens (including phenoxy) is 1. The number of pyridine rings is 1. The first-order valence-electron chi connectivity index (χ1n) is 4.73. The van der Waals surface area contributed by atoms with Crippen LogP contribution in [0.1, 0.15) is 32.1 Å². The molecule has 1 aliphatic rings. The van der Waals surface area contributed by atoms with Gasteiger partial charge in [-0.05, 0) is 6.07 Å². The van der Waals surface area contributed by atoms with E-state index < -0.39 is 11.9 Å². The predicted molar refractivity (Wildman–Crippen MR) is 53.1 cm³/mol. The van der Waals surface area contributed by atoms with Gasteiger partial charge in [0.2, 0.25) is 0 Å². The number of carbonyl (C=O) groups is 2. The number of aromatic carboxylic acids is 1. The second-order valence-corrected chi connectivity index (χ2v) is 3.46. The maximum absolute atomic E-state index is 11.1. The van der Waals surface area contributed by atoms with Gasteiger partial charge in [-0.3, -0.25) is 4.79 Å². The van der Waals surface area contributed by atoms with E-state index >= 15 is 0 Å². The Kier molecular flexibility index (Phi) is 2.57. The molecular weight excluding hydrogens is 212 g/mol. The van der Waals surface area contributed by atoms with Crippen LogP contribution >= 0.6 is 0 Å². The molecule has 16 heavy (non-hydrogen) atoms. The molecule has 3 N–H and O–H groups in total. The standard InChI is InChI=1S/C10H10N2O4/c11-9(13)8-6(10(14)15)3-5-4-16-2-1-7(5)12-8/h3H,1-2,4H2,(H2,11,13)(H,14,15). The van der Waals surface area contributed by atoms with Crippen molar-refractivity contribution in [3.63, 3.8) is 0 Å². The summed E-state index contributed by atoms with van der Waals surface area (Å²) in [5, 5.41) is 8.93. The summed E-state index contributed by atoms with van der Waals surface area (Å²) < 4.78 is 5.18. The molecule has 1 amide bonds. The Hall–Kier alpha value is -1.95. The molecule has 1 aromatic rings. The monoisotopic (exact) mass is 222 g/mol. The van der Waals surface area contributed by atoms with Crippen molar-refractivity contribution in [2.45, 2.75) is 13.0 Å². The van der Waals surface area contributed by atoms with Crippen LogP contribution in [0.3, 0.4) is 0 Å². The first-order chi connectivity index (χ1) is 7.59. The van der Waals surface area contributed by atoms with E-state index in [2.05, 4.69) is 4.98 Å². The lowest BCUT2D eigenvalue weighted by molar-refractivity contribution is 0.0689. The van der Waals surface area contributed by atoms with Crippen molar-refractivity contribution in [3.8, 4) is 0 Å². The summed E-state index contributed by atoms with van der Waals surface area (Å²) in [6.45, 7) is 0.840. The highest BCUT2D eigenvalue weighted by Crippen LogP contribution is 2.18. The van der Waals surface area contributed by atoms with E-state index in [1.54, 1.807) is 0 Å². The minimum atomic E-state index is -1.21. The first-order valence-corrected chi connectivity index (χ1v) is 4.73. The number of nitrogens with zero attached hydrogens (tertiary/aromatic N) is 1. The maximum atomic E-state index is 11.1. The Morgan fingerprint density at radius 3 is 2.88 bits per heavy atom. The van der Waals surface area contributed by atoms with Crippen LogP contribution in [0.5, 0.6) is 0 Å². The summed E-state index contributed by atoms with van der Waals surface area (Å²) in [4.78, 5) is 26.0. The summed E-state index contributed by atoms with van der Waals surface area (Å²) >= 11 is 0. The topological polar surface area (TPSA) is 103 Å². The quantitative estimate of drug-likeness (QED) is 0.730. The SMILES string of the molecule is NC(=O)c1nc2c(cc1C(=O)O)COCC2. The fraction of sp³-hybridized carbons (Fsp3) is 0.300. The molecule has 0 saturated carbocycles. The van der Waals surface area contributed by atoms with Crippen molar-refractivity contribution < 1.29 is 19.4 Å². The molecule has 6 nitrogen and oxygen atoms in total. The van der Waals surface area contributed by atoms with Crippen LogP contribution in [0.25, 0.3) is 0 Å². The van der Waals surface area contributed by atoms with Crippen LogP contribution in [0.4, 0.5) is 0 Å². The van der Waals surface area contributed by atoms with Gasteiger partial charge in [-0.2, -0.15) is 0 Å². The van der Waals surface area contributed by atoms with Gasteiger partial charge in [0.05, 0.1) is 18.8 Å². The minimum Gasteiger partial charge on any atom is -0.478 e. The van der Waals surface area contributed by atoms with Gasteiger partial charge in [0.1, 0.15) is 5.69 Å². The molecule has 2 rings (SSSR count). The number of primary amides is 1. The number of carbonyl (C=O) groups excluding carboxylic acids is 1. The Bertz CT molecular complexity index is 427. The molecule has 0 bridgehead atoms. The molecule has 0 aromatic carbocycles. The molecule has 0 fully saturated rings. The second-order valence-electron chi connectivity index (χ2n) is 3.46. The molecule has 0 saturated heterocycles. The van der Waals surface area contributed by atoms with E-state index in [4.69, 9.17) is 15.6 Å². The third kappa shape index (κ3) is 1.74. The Morgan fingerprint density at radius 1 is 1.50 bits per heavy atom. The van der Waals surface area contributed by atoms with Crippen molar-refractivity contribution in [3.05, 3.63) is 28.6 Å². The number of rotatable bonds is 2. The zero-order valence-corrected chi connectivity index (χ0v) is 8.40. The van der Waals surface area contributed by atoms with E-state index in [1.807, 2.05) is 0 Å². The fourth-order valence-electron chi connectivity index (χ4n) is 1.64. The molecule has 84 valence electrons. The molecule has 1 aromatic heterocycles. The van der Waals surface area contributed by atoms with Crippen LogP contribution in [-0.2, 0) is 17.8 Å². The number of carboxylic acids is 1. The molecule has 0 radical (unpaired) electrons. The molecule has 0 aliphatic carbocycles. The van der Waals surface area contributed by atoms with Gasteiger partial charge in [0.25, 0.3) is 5.91 Å². The molecule has 2 heterocycles. The molecular formula is C10H10N2O4. The van der Waals surface area contributed by atoms with E-state index in [1.165, 1.54) is 6.07 Å². The average Bonchev–Trinajstić information content (AvgIpc) is 2.27. The van der Waals surface area contributed by atoms with Crippen LogP contribution in [-0.4, -0.2) is 28.6 Å². The summed E-state index contributed by atoms with van der Waals surface area (Å²) in [5.74, 6) is -2.04. The molecule has 0 spiro atoms. The van der Waals surface area contributed by atoms with Gasteiger partial charge in [-0.15, -0.1) is 0 Å². The molecule has 0 unspecified atom stereocenters. The smallest absolute Gasteiger partial charge is 0.338 e. The van der Waals surface area contributed by atoms with Crippen molar-refractivity contribution in [1.29, 1.82) is 0 Å². The van der Waals surface area contributed by atoms with Crippen LogP contribution in [0, 0.1) is 0 Å². The van der Waals surface area contributed by atoms with Gasteiger partial charge in [-0.25, -0.2) is 9.78 Å². The van der Waals surface area contributed by atoms with Gasteiger partial charge in [0.15, 0.2) is 0 Å². The number of carboxylic acid groups (broad SMARTS) is 1. The average molecular weight is 222 g/mol. The van der Waals surface area contributed by atoms with Gasteiger partial charge in [-0.1, -0.05) is 0 Å². The normalized spacial score (nSPS) is 14.2. The molecule has 6 heteroatoms. The number of aromatic nitrogens is 1. The van der Waals surface area contributed by atoms with Crippen molar-refractivity contribution in [2.75, 3.05) is 6.61 Å². The Morgan fingerprint density at radius 2 is 2.25 bits per heavy atom. The minimum absolute atomic E-state index is 0.170. The predicted octanol–water partition coefficient (Wildman–Crippen LogP) is -0.0486. The van der Waals surface area contributed by atoms with Gasteiger partial charge < -0.3 is 15.6 Å². The van der Waals surface area contributed by atoms with E-state index in [0.29, 0.717) is 30.9 Å². The Labute approximate surface area is 91.0 Å². The lowest BCUT2D eigenvalue weighted by atomic mass is 10.0. The first kappa shape index (κ1) is 10.6. The zero-order valence-electron chi connectivity index (χ0n) is 8.40. The molecule has 1 aliphatic heterocycles. The van der Waals surface area contributed by atoms with E-state index in [-0.39, 0.29) is 11.3 Å². The highest BCUT2D eigenvalue weighted by molar-refractivity contribution is 6.02. The lowest BCUT2D eigenvalue weighted by Crippen LogP contribution is -2.22. The van der Waals surface area contributed by atoms with Crippen LogP contribution in [0.2, 0.25) is 0 Å². The van der Waals surface area contributed by atoms with Crippen molar-refractivity contribution >= 4 is 11.9 Å². The van der Waals surface area contributed by atoms with E-state index in [9.17, 15) is 9.59 Å². The van der Waals surface area contributed by atoms with E-state index in [0.717, 1.165) is 0 Å². The highest BCUT2D eigenvalue weighted by atomic mass is 16.5. The lowest BCUT2D eigenvalue weighted by Gasteiger charge is -2.16. The number of fused-ring (bicyclic) bond motifs is 1. The number of nitrogens with two attached hydrogens (primary N) is 1. The zero-order chi connectivity index (χ0) is 11.7. The second kappa shape index (κ2) is 3.90. The number of hydrogen-bond acceptors (Lipinski definition) is 4. The van der Waals surface area contributed by atoms with Crippen LogP contribution < -0.4 is 5.73 Å². The maximum Gasteiger partial charge on any atom is 0.338 e. The Balaban J connectivity index is 2.59.